The van der Waals surface area contributed by atoms with Gasteiger partial charge in [0.15, 0.2) is 0 Å². The molecule has 1 aromatic carbocycles. The summed E-state index contributed by atoms with van der Waals surface area (Å²) in [6, 6.07) is 10.4. The first-order valence-corrected chi connectivity index (χ1v) is 7.22. The van der Waals surface area contributed by atoms with Crippen LogP contribution in [0.5, 0.6) is 0 Å². The number of nitrogens with one attached hydrogen (secondary N) is 1. The average molecular weight is 289 g/mol. The van der Waals surface area contributed by atoms with Crippen LogP contribution in [0.25, 0.3) is 6.08 Å². The van der Waals surface area contributed by atoms with Crippen LogP contribution in [-0.2, 0) is 11.2 Å². The lowest BCUT2D eigenvalue weighted by Gasteiger charge is -2.02. The Labute approximate surface area is 122 Å². The predicted molar refractivity (Wildman–Crippen MR) is 81.2 cm³/mol. The van der Waals surface area contributed by atoms with Gasteiger partial charge in [-0.1, -0.05) is 12.1 Å². The van der Waals surface area contributed by atoms with Crippen LogP contribution in [0.4, 0.5) is 4.39 Å². The van der Waals surface area contributed by atoms with Gasteiger partial charge in [-0.15, -0.1) is 11.3 Å². The third-order valence-electron chi connectivity index (χ3n) is 2.76. The van der Waals surface area contributed by atoms with Gasteiger partial charge in [0.1, 0.15) is 5.82 Å². The number of carbonyl (C=O) groups is 1. The van der Waals surface area contributed by atoms with Gasteiger partial charge in [0.2, 0.25) is 5.91 Å². The van der Waals surface area contributed by atoms with Crippen molar-refractivity contribution in [3.63, 3.8) is 0 Å². The molecule has 1 aromatic heterocycles. The van der Waals surface area contributed by atoms with Crippen LogP contribution in [0, 0.1) is 12.7 Å². The Morgan fingerprint density at radius 1 is 1.35 bits per heavy atom. The number of amides is 1. The van der Waals surface area contributed by atoms with Crippen molar-refractivity contribution in [1.29, 1.82) is 0 Å². The summed E-state index contributed by atoms with van der Waals surface area (Å²) in [6.07, 6.45) is 3.95. The summed E-state index contributed by atoms with van der Waals surface area (Å²) in [5, 5.41) is 2.78. The van der Waals surface area contributed by atoms with Gasteiger partial charge in [0.05, 0.1) is 0 Å². The maximum atomic E-state index is 13.0. The third kappa shape index (κ3) is 4.63. The number of thiophene rings is 1. The lowest BCUT2D eigenvalue weighted by Crippen LogP contribution is -2.23. The highest BCUT2D eigenvalue weighted by atomic mass is 32.1. The molecule has 0 aliphatic heterocycles. The molecule has 0 atom stereocenters. The Kier molecular flexibility index (Phi) is 5.07. The van der Waals surface area contributed by atoms with Crippen molar-refractivity contribution in [3.05, 3.63) is 63.6 Å². The van der Waals surface area contributed by atoms with Crippen LogP contribution in [-0.4, -0.2) is 12.5 Å². The summed E-state index contributed by atoms with van der Waals surface area (Å²) < 4.78 is 13.0. The minimum absolute atomic E-state index is 0.132. The van der Waals surface area contributed by atoms with E-state index >= 15 is 0 Å². The Balaban J connectivity index is 1.76. The molecule has 0 aliphatic rings. The Bertz CT molecular complexity index is 618. The van der Waals surface area contributed by atoms with Gasteiger partial charge in [-0.05, 0) is 49.2 Å². The van der Waals surface area contributed by atoms with E-state index in [1.165, 1.54) is 23.1 Å². The largest absolute Gasteiger partial charge is 0.352 e. The minimum atomic E-state index is -0.248. The summed E-state index contributed by atoms with van der Waals surface area (Å²) in [4.78, 5) is 13.9. The van der Waals surface area contributed by atoms with E-state index in [-0.39, 0.29) is 11.7 Å². The lowest BCUT2D eigenvalue weighted by atomic mass is 10.1. The van der Waals surface area contributed by atoms with Gasteiger partial charge in [0.25, 0.3) is 0 Å². The molecule has 0 unspecified atom stereocenters. The fourth-order valence-electron chi connectivity index (χ4n) is 1.78. The van der Waals surface area contributed by atoms with Crippen molar-refractivity contribution in [2.75, 3.05) is 6.54 Å². The molecule has 2 nitrogen and oxygen atoms in total. The zero-order valence-corrected chi connectivity index (χ0v) is 12.0. The first kappa shape index (κ1) is 14.5. The van der Waals surface area contributed by atoms with Crippen LogP contribution < -0.4 is 5.32 Å². The van der Waals surface area contributed by atoms with Crippen molar-refractivity contribution in [3.8, 4) is 0 Å². The average Bonchev–Trinajstić information content (AvgIpc) is 2.82. The molecule has 0 fully saturated rings. The van der Waals surface area contributed by atoms with Gasteiger partial charge in [-0.3, -0.25) is 4.79 Å². The number of benzene rings is 1. The minimum Gasteiger partial charge on any atom is -0.352 e. The molecule has 104 valence electrons. The molecule has 1 amide bonds. The van der Waals surface area contributed by atoms with Crippen molar-refractivity contribution in [2.24, 2.45) is 0 Å². The molecular formula is C16H16FNOS. The van der Waals surface area contributed by atoms with Gasteiger partial charge >= 0.3 is 0 Å². The van der Waals surface area contributed by atoms with Crippen LogP contribution in [0.15, 0.2) is 42.5 Å². The Morgan fingerprint density at radius 2 is 2.20 bits per heavy atom. The van der Waals surface area contributed by atoms with Crippen LogP contribution >= 0.6 is 11.3 Å². The Hall–Kier alpha value is -1.94. The molecule has 20 heavy (non-hydrogen) atoms. The summed E-state index contributed by atoms with van der Waals surface area (Å²) in [5.41, 5.74) is 0.878. The zero-order chi connectivity index (χ0) is 14.4. The fraction of sp³-hybridized carbons (Fsp3) is 0.188. The van der Waals surface area contributed by atoms with E-state index in [4.69, 9.17) is 0 Å². The molecule has 1 heterocycles. The van der Waals surface area contributed by atoms with E-state index in [2.05, 4.69) is 5.32 Å². The van der Waals surface area contributed by atoms with Gasteiger partial charge in [-0.25, -0.2) is 4.39 Å². The van der Waals surface area contributed by atoms with E-state index < -0.39 is 0 Å². The predicted octanol–water partition coefficient (Wildman–Crippen LogP) is 3.57. The SMILES string of the molecule is Cc1ccc(/C=C/C(=O)NCCc2cccc(F)c2)s1. The number of halogens is 1. The quantitative estimate of drug-likeness (QED) is 0.838. The molecule has 0 aliphatic carbocycles. The number of rotatable bonds is 5. The van der Waals surface area contributed by atoms with Crippen LogP contribution in [0.3, 0.4) is 0 Å². The van der Waals surface area contributed by atoms with E-state index in [9.17, 15) is 9.18 Å². The lowest BCUT2D eigenvalue weighted by molar-refractivity contribution is -0.116. The molecule has 2 aromatic rings. The maximum Gasteiger partial charge on any atom is 0.244 e. The number of aryl methyl sites for hydroxylation is 1. The summed E-state index contributed by atoms with van der Waals surface area (Å²) >= 11 is 1.64. The zero-order valence-electron chi connectivity index (χ0n) is 11.2. The molecule has 0 saturated carbocycles. The van der Waals surface area contributed by atoms with Gasteiger partial charge < -0.3 is 5.32 Å². The molecule has 0 spiro atoms. The van der Waals surface area contributed by atoms with Crippen molar-refractivity contribution < 1.29 is 9.18 Å². The molecule has 0 radical (unpaired) electrons. The maximum absolute atomic E-state index is 13.0. The van der Waals surface area contributed by atoms with E-state index in [1.807, 2.05) is 25.1 Å². The first-order valence-electron chi connectivity index (χ1n) is 6.40. The molecule has 2 rings (SSSR count). The molecule has 0 bridgehead atoms. The Morgan fingerprint density at radius 3 is 2.90 bits per heavy atom. The topological polar surface area (TPSA) is 29.1 Å². The number of carbonyl (C=O) groups excluding carboxylic acids is 1. The van der Waals surface area contributed by atoms with E-state index in [0.717, 1.165) is 10.4 Å². The monoisotopic (exact) mass is 289 g/mol. The van der Waals surface area contributed by atoms with Gasteiger partial charge in [0, 0.05) is 22.4 Å². The highest BCUT2D eigenvalue weighted by Crippen LogP contribution is 2.16. The first-order chi connectivity index (χ1) is 9.63. The molecule has 0 saturated heterocycles. The summed E-state index contributed by atoms with van der Waals surface area (Å²) in [6.45, 7) is 2.52. The van der Waals surface area contributed by atoms with E-state index in [0.29, 0.717) is 13.0 Å². The van der Waals surface area contributed by atoms with Crippen molar-refractivity contribution >= 4 is 23.3 Å². The second kappa shape index (κ2) is 7.01. The number of hydrogen-bond acceptors (Lipinski definition) is 2. The highest BCUT2D eigenvalue weighted by molar-refractivity contribution is 7.12. The summed E-state index contributed by atoms with van der Waals surface area (Å²) in [7, 11) is 0. The fourth-order valence-corrected chi connectivity index (χ4v) is 2.56. The molecule has 4 heteroatoms. The normalized spacial score (nSPS) is 10.9. The second-order valence-electron chi connectivity index (χ2n) is 4.45. The smallest absolute Gasteiger partial charge is 0.244 e. The van der Waals surface area contributed by atoms with Crippen molar-refractivity contribution in [2.45, 2.75) is 13.3 Å². The van der Waals surface area contributed by atoms with Gasteiger partial charge in [-0.2, -0.15) is 0 Å². The standard InChI is InChI=1S/C16H16FNOS/c1-12-5-6-15(20-12)7-8-16(19)18-10-9-13-3-2-4-14(17)11-13/h2-8,11H,9-10H2,1H3,(H,18,19)/b8-7+. The van der Waals surface area contributed by atoms with Crippen LogP contribution in [0.1, 0.15) is 15.3 Å². The van der Waals surface area contributed by atoms with E-state index in [1.54, 1.807) is 23.5 Å². The molecular weight excluding hydrogens is 273 g/mol. The second-order valence-corrected chi connectivity index (χ2v) is 5.77. The van der Waals surface area contributed by atoms with Crippen LogP contribution in [0.2, 0.25) is 0 Å². The molecule has 1 N–H and O–H groups in total. The summed E-state index contributed by atoms with van der Waals surface area (Å²) in [5.74, 6) is -0.380. The third-order valence-corrected chi connectivity index (χ3v) is 3.73. The highest BCUT2D eigenvalue weighted by Gasteiger charge is 1.98. The van der Waals surface area contributed by atoms with Crippen molar-refractivity contribution in [1.82, 2.24) is 5.32 Å². The number of hydrogen-bond donors (Lipinski definition) is 1.